The minimum absolute atomic E-state index is 0.0602. The van der Waals surface area contributed by atoms with Crippen molar-refractivity contribution in [3.63, 3.8) is 0 Å². The quantitative estimate of drug-likeness (QED) is 0.810. The van der Waals surface area contributed by atoms with Crippen LogP contribution in [-0.4, -0.2) is 22.9 Å². The van der Waals surface area contributed by atoms with Gasteiger partial charge in [0.25, 0.3) is 0 Å². The lowest BCUT2D eigenvalue weighted by atomic mass is 10.1. The van der Waals surface area contributed by atoms with E-state index in [0.29, 0.717) is 10.7 Å². The van der Waals surface area contributed by atoms with E-state index in [4.69, 9.17) is 4.74 Å². The van der Waals surface area contributed by atoms with E-state index in [1.165, 1.54) is 0 Å². The standard InChI is InChI=1S/C12H15Br2NO2/c1-9(10-5-3-2-4-6-10)15-12(16)17-11(7-13)8-14/h2-6,9,11H,7-8H2,1H3,(H,15,16)/t9-/m0/s1. The minimum Gasteiger partial charge on any atom is -0.444 e. The molecular formula is C12H15Br2NO2. The molecular weight excluding hydrogens is 350 g/mol. The number of alkyl halides is 2. The lowest BCUT2D eigenvalue weighted by Crippen LogP contribution is -2.32. The summed E-state index contributed by atoms with van der Waals surface area (Å²) in [5, 5.41) is 4.03. The maximum absolute atomic E-state index is 11.6. The topological polar surface area (TPSA) is 38.3 Å². The van der Waals surface area contributed by atoms with Gasteiger partial charge in [-0.2, -0.15) is 0 Å². The lowest BCUT2D eigenvalue weighted by molar-refractivity contribution is 0.117. The lowest BCUT2D eigenvalue weighted by Gasteiger charge is -2.17. The van der Waals surface area contributed by atoms with Gasteiger partial charge >= 0.3 is 6.09 Å². The van der Waals surface area contributed by atoms with Crippen molar-refractivity contribution in [1.82, 2.24) is 5.32 Å². The molecule has 1 N–H and O–H groups in total. The van der Waals surface area contributed by atoms with Crippen molar-refractivity contribution in [2.24, 2.45) is 0 Å². The normalized spacial score (nSPS) is 12.2. The number of alkyl carbamates (subject to hydrolysis) is 1. The number of carbonyl (C=O) groups excluding carboxylic acids is 1. The van der Waals surface area contributed by atoms with Gasteiger partial charge in [0.1, 0.15) is 6.10 Å². The predicted octanol–water partition coefficient (Wildman–Crippen LogP) is 3.63. The molecule has 0 aliphatic carbocycles. The highest BCUT2D eigenvalue weighted by Gasteiger charge is 2.14. The number of benzene rings is 1. The van der Waals surface area contributed by atoms with E-state index in [0.717, 1.165) is 5.56 Å². The van der Waals surface area contributed by atoms with Gasteiger partial charge in [0, 0.05) is 10.7 Å². The molecule has 0 radical (unpaired) electrons. The Morgan fingerprint density at radius 3 is 2.41 bits per heavy atom. The fourth-order valence-electron chi connectivity index (χ4n) is 1.29. The highest BCUT2D eigenvalue weighted by atomic mass is 79.9. The Labute approximate surface area is 118 Å². The number of amides is 1. The highest BCUT2D eigenvalue weighted by Crippen LogP contribution is 2.11. The molecule has 0 spiro atoms. The van der Waals surface area contributed by atoms with E-state index in [1.807, 2.05) is 37.3 Å². The van der Waals surface area contributed by atoms with Gasteiger partial charge in [-0.15, -0.1) is 0 Å². The number of halogens is 2. The molecule has 1 rings (SSSR count). The number of hydrogen-bond acceptors (Lipinski definition) is 2. The summed E-state index contributed by atoms with van der Waals surface area (Å²) in [7, 11) is 0. The third kappa shape index (κ3) is 5.08. The van der Waals surface area contributed by atoms with Crippen LogP contribution in [0.3, 0.4) is 0 Å². The summed E-state index contributed by atoms with van der Waals surface area (Å²) in [6.07, 6.45) is -0.553. The maximum Gasteiger partial charge on any atom is 0.407 e. The van der Waals surface area contributed by atoms with Crippen molar-refractivity contribution < 1.29 is 9.53 Å². The van der Waals surface area contributed by atoms with Crippen LogP contribution in [0.2, 0.25) is 0 Å². The third-order valence-electron chi connectivity index (χ3n) is 2.25. The van der Waals surface area contributed by atoms with E-state index < -0.39 is 6.09 Å². The Bertz CT molecular complexity index is 342. The van der Waals surface area contributed by atoms with Gasteiger partial charge in [0.15, 0.2) is 0 Å². The molecule has 0 bridgehead atoms. The first kappa shape index (κ1) is 14.5. The second-order valence-corrected chi connectivity index (χ2v) is 4.91. The van der Waals surface area contributed by atoms with Crippen molar-refractivity contribution >= 4 is 38.0 Å². The zero-order chi connectivity index (χ0) is 12.7. The monoisotopic (exact) mass is 363 g/mol. The van der Waals surface area contributed by atoms with Crippen LogP contribution < -0.4 is 5.32 Å². The average Bonchev–Trinajstić information content (AvgIpc) is 2.37. The van der Waals surface area contributed by atoms with Crippen LogP contribution in [0.4, 0.5) is 4.79 Å². The van der Waals surface area contributed by atoms with E-state index in [1.54, 1.807) is 0 Å². The van der Waals surface area contributed by atoms with Gasteiger partial charge in [-0.25, -0.2) is 4.79 Å². The predicted molar refractivity (Wildman–Crippen MR) is 75.8 cm³/mol. The SMILES string of the molecule is C[C@H](NC(=O)OC(CBr)CBr)c1ccccc1. The summed E-state index contributed by atoms with van der Waals surface area (Å²) in [6, 6.07) is 9.71. The van der Waals surface area contributed by atoms with Gasteiger partial charge in [-0.1, -0.05) is 62.2 Å². The van der Waals surface area contributed by atoms with Crippen LogP contribution in [0, 0.1) is 0 Å². The van der Waals surface area contributed by atoms with Gasteiger partial charge in [-0.05, 0) is 12.5 Å². The van der Waals surface area contributed by atoms with Gasteiger partial charge in [-0.3, -0.25) is 0 Å². The molecule has 0 unspecified atom stereocenters. The molecule has 0 saturated heterocycles. The number of hydrogen-bond donors (Lipinski definition) is 1. The molecule has 0 aliphatic rings. The van der Waals surface area contributed by atoms with E-state index in [9.17, 15) is 4.79 Å². The number of rotatable bonds is 5. The zero-order valence-corrected chi connectivity index (χ0v) is 12.7. The summed E-state index contributed by atoms with van der Waals surface area (Å²) < 4.78 is 5.20. The second-order valence-electron chi connectivity index (χ2n) is 3.61. The van der Waals surface area contributed by atoms with Crippen LogP contribution in [0.25, 0.3) is 0 Å². The van der Waals surface area contributed by atoms with Crippen LogP contribution >= 0.6 is 31.9 Å². The Balaban J connectivity index is 2.46. The van der Waals surface area contributed by atoms with Crippen molar-refractivity contribution in [1.29, 1.82) is 0 Å². The first-order valence-electron chi connectivity index (χ1n) is 5.31. The van der Waals surface area contributed by atoms with Crippen LogP contribution in [0.15, 0.2) is 30.3 Å². The summed E-state index contributed by atoms with van der Waals surface area (Å²) in [5.74, 6) is 0. The molecule has 5 heteroatoms. The van der Waals surface area contributed by atoms with E-state index >= 15 is 0 Å². The Kier molecular flexibility index (Phi) is 6.58. The molecule has 1 amide bonds. The molecule has 0 aliphatic heterocycles. The summed E-state index contributed by atoms with van der Waals surface area (Å²) in [5.41, 5.74) is 1.05. The van der Waals surface area contributed by atoms with Crippen molar-refractivity contribution in [2.45, 2.75) is 19.1 Å². The zero-order valence-electron chi connectivity index (χ0n) is 9.53. The number of carbonyl (C=O) groups is 1. The molecule has 3 nitrogen and oxygen atoms in total. The second kappa shape index (κ2) is 7.71. The number of ether oxygens (including phenoxy) is 1. The summed E-state index contributed by atoms with van der Waals surface area (Å²) in [6.45, 7) is 1.92. The Morgan fingerprint density at radius 2 is 1.88 bits per heavy atom. The fraction of sp³-hybridized carbons (Fsp3) is 0.417. The maximum atomic E-state index is 11.6. The van der Waals surface area contributed by atoms with E-state index in [2.05, 4.69) is 37.2 Å². The molecule has 1 aromatic carbocycles. The molecule has 0 heterocycles. The van der Waals surface area contributed by atoms with Crippen molar-refractivity contribution in [3.05, 3.63) is 35.9 Å². The summed E-state index contributed by atoms with van der Waals surface area (Å²) in [4.78, 5) is 11.6. The van der Waals surface area contributed by atoms with E-state index in [-0.39, 0.29) is 12.1 Å². The molecule has 94 valence electrons. The minimum atomic E-state index is -0.398. The third-order valence-corrected chi connectivity index (χ3v) is 3.70. The number of nitrogens with one attached hydrogen (secondary N) is 1. The Morgan fingerprint density at radius 1 is 1.29 bits per heavy atom. The van der Waals surface area contributed by atoms with Gasteiger partial charge in [0.2, 0.25) is 0 Å². The highest BCUT2D eigenvalue weighted by molar-refractivity contribution is 9.09. The first-order chi connectivity index (χ1) is 8.17. The van der Waals surface area contributed by atoms with Gasteiger partial charge < -0.3 is 10.1 Å². The molecule has 1 aromatic rings. The van der Waals surface area contributed by atoms with Crippen LogP contribution in [-0.2, 0) is 4.74 Å². The fourth-order valence-corrected chi connectivity index (χ4v) is 2.63. The largest absolute Gasteiger partial charge is 0.444 e. The molecule has 17 heavy (non-hydrogen) atoms. The average molecular weight is 365 g/mol. The smallest absolute Gasteiger partial charge is 0.407 e. The molecule has 0 fully saturated rings. The molecule has 0 aromatic heterocycles. The van der Waals surface area contributed by atoms with Crippen LogP contribution in [0.5, 0.6) is 0 Å². The van der Waals surface area contributed by atoms with Crippen molar-refractivity contribution in [2.75, 3.05) is 10.7 Å². The first-order valence-corrected chi connectivity index (χ1v) is 7.55. The molecule has 1 atom stereocenters. The Hall–Kier alpha value is -0.550. The van der Waals surface area contributed by atoms with Crippen LogP contribution in [0.1, 0.15) is 18.5 Å². The van der Waals surface area contributed by atoms with Crippen molar-refractivity contribution in [3.8, 4) is 0 Å². The molecule has 0 saturated carbocycles. The summed E-state index contributed by atoms with van der Waals surface area (Å²) >= 11 is 6.56. The van der Waals surface area contributed by atoms with Gasteiger partial charge in [0.05, 0.1) is 6.04 Å².